The molecule has 3 rings (SSSR count). The fourth-order valence-corrected chi connectivity index (χ4v) is 3.05. The highest BCUT2D eigenvalue weighted by atomic mass is 19.4. The third-order valence-electron chi connectivity index (χ3n) is 4.93. The summed E-state index contributed by atoms with van der Waals surface area (Å²) in [6.45, 7) is 1.91. The van der Waals surface area contributed by atoms with Crippen molar-refractivity contribution >= 4 is 11.7 Å². The highest BCUT2D eigenvalue weighted by Crippen LogP contribution is 2.30. The number of carbonyl (C=O) groups is 1. The smallest absolute Gasteiger partial charge is 0.353 e. The molecule has 1 atom stereocenters. The van der Waals surface area contributed by atoms with Gasteiger partial charge in [-0.2, -0.15) is 26.3 Å². The van der Waals surface area contributed by atoms with E-state index in [-0.39, 0.29) is 18.5 Å². The van der Waals surface area contributed by atoms with Crippen LogP contribution in [0.5, 0.6) is 0 Å². The number of aromatic amines is 1. The number of alkyl halides is 6. The highest BCUT2D eigenvalue weighted by molar-refractivity contribution is 5.93. The fraction of sp³-hybridized carbons (Fsp3) is 0.350. The molecule has 0 bridgehead atoms. The first-order valence-electron chi connectivity index (χ1n) is 9.59. The number of carbonyl (C=O) groups excluding carboxylic acids is 1. The molecule has 1 aliphatic rings. The van der Waals surface area contributed by atoms with Gasteiger partial charge in [0.2, 0.25) is 0 Å². The van der Waals surface area contributed by atoms with Gasteiger partial charge in [-0.1, -0.05) is 6.08 Å². The predicted octanol–water partition coefficient (Wildman–Crippen LogP) is 3.75. The zero-order valence-corrected chi connectivity index (χ0v) is 17.0. The van der Waals surface area contributed by atoms with Gasteiger partial charge in [0, 0.05) is 36.6 Å². The molecule has 3 heterocycles. The molecular formula is C20H18F6N4O3. The van der Waals surface area contributed by atoms with Crippen LogP contribution in [0.4, 0.5) is 32.2 Å². The van der Waals surface area contributed by atoms with E-state index < -0.39 is 41.0 Å². The second-order valence-electron chi connectivity index (χ2n) is 7.19. The fourth-order valence-electron chi connectivity index (χ4n) is 3.05. The molecule has 0 unspecified atom stereocenters. The lowest BCUT2D eigenvalue weighted by Crippen LogP contribution is -2.34. The van der Waals surface area contributed by atoms with Crippen molar-refractivity contribution in [3.63, 3.8) is 0 Å². The molecule has 7 nitrogen and oxygen atoms in total. The van der Waals surface area contributed by atoms with Crippen molar-refractivity contribution in [2.75, 3.05) is 18.0 Å². The van der Waals surface area contributed by atoms with Crippen LogP contribution in [0.3, 0.4) is 0 Å². The van der Waals surface area contributed by atoms with E-state index in [1.54, 1.807) is 11.0 Å². The van der Waals surface area contributed by atoms with Crippen LogP contribution < -0.4 is 15.9 Å². The van der Waals surface area contributed by atoms with E-state index in [0.29, 0.717) is 24.0 Å². The van der Waals surface area contributed by atoms with Crippen molar-refractivity contribution in [2.45, 2.75) is 31.8 Å². The van der Waals surface area contributed by atoms with Crippen LogP contribution in [0.2, 0.25) is 0 Å². The Kier molecular flexibility index (Phi) is 6.81. The maximum absolute atomic E-state index is 12.9. The molecule has 1 aliphatic heterocycles. The lowest BCUT2D eigenvalue weighted by Gasteiger charge is -2.27. The Bertz CT molecular complexity index is 1090. The van der Waals surface area contributed by atoms with Crippen LogP contribution in [0.15, 0.2) is 47.0 Å². The Morgan fingerprint density at radius 1 is 1.21 bits per heavy atom. The number of nitrogens with zero attached hydrogens (tertiary/aromatic N) is 2. The van der Waals surface area contributed by atoms with Crippen molar-refractivity contribution in [3.8, 4) is 0 Å². The number of pyridine rings is 2. The average Bonchev–Trinajstić information content (AvgIpc) is 2.76. The number of hydrogen-bond donors (Lipinski definition) is 2. The Morgan fingerprint density at radius 2 is 1.94 bits per heavy atom. The summed E-state index contributed by atoms with van der Waals surface area (Å²) in [5, 5.41) is 0. The molecule has 33 heavy (non-hydrogen) atoms. The second kappa shape index (κ2) is 9.25. The minimum atomic E-state index is -4.84. The molecule has 0 spiro atoms. The second-order valence-corrected chi connectivity index (χ2v) is 7.19. The van der Waals surface area contributed by atoms with Gasteiger partial charge in [0.25, 0.3) is 11.5 Å². The van der Waals surface area contributed by atoms with E-state index in [1.165, 1.54) is 13.0 Å². The number of hydroxylamine groups is 1. The molecule has 0 fully saturated rings. The number of rotatable bonds is 5. The number of amides is 1. The molecule has 0 radical (unpaired) electrons. The third-order valence-corrected chi connectivity index (χ3v) is 4.93. The summed E-state index contributed by atoms with van der Waals surface area (Å²) >= 11 is 0. The van der Waals surface area contributed by atoms with E-state index in [4.69, 9.17) is 4.84 Å². The summed E-state index contributed by atoms with van der Waals surface area (Å²) in [4.78, 5) is 36.3. The van der Waals surface area contributed by atoms with Crippen molar-refractivity contribution in [1.82, 2.24) is 15.4 Å². The molecule has 0 aromatic carbocycles. The first-order valence-corrected chi connectivity index (χ1v) is 9.59. The van der Waals surface area contributed by atoms with Crippen molar-refractivity contribution in [1.29, 1.82) is 0 Å². The number of hydrogen-bond acceptors (Lipinski definition) is 5. The summed E-state index contributed by atoms with van der Waals surface area (Å²) in [5.74, 6) is -0.288. The van der Waals surface area contributed by atoms with Crippen molar-refractivity contribution in [3.05, 3.63) is 69.3 Å². The van der Waals surface area contributed by atoms with Crippen molar-refractivity contribution < 1.29 is 36.0 Å². The van der Waals surface area contributed by atoms with E-state index in [0.717, 1.165) is 18.5 Å². The van der Waals surface area contributed by atoms with Crippen LogP contribution in [-0.4, -0.2) is 29.0 Å². The zero-order valence-electron chi connectivity index (χ0n) is 17.0. The maximum atomic E-state index is 12.9. The monoisotopic (exact) mass is 476 g/mol. The minimum absolute atomic E-state index is 0.000554. The van der Waals surface area contributed by atoms with Crippen LogP contribution >= 0.6 is 0 Å². The molecule has 2 aromatic rings. The van der Waals surface area contributed by atoms with Gasteiger partial charge in [0.05, 0.1) is 5.56 Å². The summed E-state index contributed by atoms with van der Waals surface area (Å²) in [6, 6.07) is 2.81. The first-order chi connectivity index (χ1) is 15.4. The van der Waals surface area contributed by atoms with Gasteiger partial charge < -0.3 is 9.88 Å². The Hall–Kier alpha value is -3.35. The van der Waals surface area contributed by atoms with Crippen LogP contribution in [0, 0.1) is 0 Å². The standard InChI is InChI=1S/C20H18F6N4O3/c1-11(13-8-15(20(24,25)26)18(32)28-9-13)33-29-17(31)12-4-6-30(7-5-12)16-3-2-14(10-27-16)19(21,22)23/h2-4,8-11H,5-7H2,1H3,(H,28,32)(H,29,31)/t11-/m0/s1. The van der Waals surface area contributed by atoms with Crippen molar-refractivity contribution in [2.24, 2.45) is 0 Å². The topological polar surface area (TPSA) is 87.3 Å². The summed E-state index contributed by atoms with van der Waals surface area (Å²) in [6.07, 6.45) is -6.74. The molecule has 178 valence electrons. The lowest BCUT2D eigenvalue weighted by molar-refractivity contribution is -0.139. The van der Waals surface area contributed by atoms with Crippen LogP contribution in [-0.2, 0) is 22.0 Å². The van der Waals surface area contributed by atoms with E-state index in [2.05, 4.69) is 10.5 Å². The number of nitrogens with one attached hydrogen (secondary N) is 2. The van der Waals surface area contributed by atoms with Gasteiger partial charge in [0.1, 0.15) is 17.5 Å². The Morgan fingerprint density at radius 3 is 2.48 bits per heavy atom. The molecule has 2 N–H and O–H groups in total. The Balaban J connectivity index is 1.57. The maximum Gasteiger partial charge on any atom is 0.421 e. The van der Waals surface area contributed by atoms with Crippen LogP contribution in [0.25, 0.3) is 0 Å². The highest BCUT2D eigenvalue weighted by Gasteiger charge is 2.34. The average molecular weight is 476 g/mol. The Labute approximate surface area is 183 Å². The van der Waals surface area contributed by atoms with Gasteiger partial charge in [-0.3, -0.25) is 14.4 Å². The molecule has 1 amide bonds. The van der Waals surface area contributed by atoms with E-state index in [1.807, 2.05) is 4.98 Å². The predicted molar refractivity (Wildman–Crippen MR) is 104 cm³/mol. The molecular weight excluding hydrogens is 458 g/mol. The third kappa shape index (κ3) is 5.92. The quantitative estimate of drug-likeness (QED) is 0.507. The molecule has 2 aromatic heterocycles. The first kappa shape index (κ1) is 24.3. The van der Waals surface area contributed by atoms with E-state index >= 15 is 0 Å². The number of halogens is 6. The van der Waals surface area contributed by atoms with Gasteiger partial charge in [-0.15, -0.1) is 0 Å². The number of aromatic nitrogens is 2. The zero-order chi connectivity index (χ0) is 24.4. The van der Waals surface area contributed by atoms with Gasteiger partial charge in [-0.25, -0.2) is 10.5 Å². The van der Waals surface area contributed by atoms with E-state index in [9.17, 15) is 35.9 Å². The molecule has 13 heteroatoms. The van der Waals surface area contributed by atoms with Gasteiger partial charge in [-0.05, 0) is 31.5 Å². The van der Waals surface area contributed by atoms with Gasteiger partial charge in [0.15, 0.2) is 0 Å². The lowest BCUT2D eigenvalue weighted by atomic mass is 10.1. The summed E-state index contributed by atoms with van der Waals surface area (Å²) < 4.78 is 76.6. The minimum Gasteiger partial charge on any atom is -0.353 e. The van der Waals surface area contributed by atoms with Gasteiger partial charge >= 0.3 is 12.4 Å². The summed E-state index contributed by atoms with van der Waals surface area (Å²) in [7, 11) is 0. The normalized spacial score (nSPS) is 15.7. The molecule has 0 aliphatic carbocycles. The SMILES string of the molecule is C[C@H](ONC(=O)C1=CCN(c2ccc(C(F)(F)F)cn2)CC1)c1c[nH]c(=O)c(C(F)(F)F)c1. The number of anilines is 1. The molecule has 0 saturated heterocycles. The number of H-pyrrole nitrogens is 1. The largest absolute Gasteiger partial charge is 0.421 e. The van der Waals surface area contributed by atoms with Crippen LogP contribution in [0.1, 0.15) is 36.1 Å². The molecule has 0 saturated carbocycles. The summed E-state index contributed by atoms with van der Waals surface area (Å²) in [5.41, 5.74) is -1.04.